The molecule has 1 aromatic rings. The molecule has 0 aromatic carbocycles. The number of aromatic nitrogens is 1. The van der Waals surface area contributed by atoms with Crippen molar-refractivity contribution in [3.05, 3.63) is 24.0 Å². The first kappa shape index (κ1) is 12.2. The minimum atomic E-state index is -0.451. The number of urea groups is 1. The molecule has 0 spiro atoms. The molecule has 1 aliphatic heterocycles. The monoisotopic (exact) mass is 250 g/mol. The fraction of sp³-hybridized carbons (Fsp3) is 0.364. The number of nitrogens with zero attached hydrogens (tertiary/aromatic N) is 2. The minimum Gasteiger partial charge on any atom is -0.505 e. The highest BCUT2D eigenvalue weighted by atomic mass is 16.3. The molecule has 3 amide bonds. The number of rotatable bonds is 4. The van der Waals surface area contributed by atoms with Crippen LogP contribution in [0.5, 0.6) is 5.75 Å². The van der Waals surface area contributed by atoms with E-state index in [2.05, 4.69) is 15.6 Å². The highest BCUT2D eigenvalue weighted by molar-refractivity contribution is 5.94. The number of nitrogens with one attached hydrogen (secondary N) is 2. The number of pyridine rings is 1. The predicted octanol–water partition coefficient (Wildman–Crippen LogP) is -0.458. The summed E-state index contributed by atoms with van der Waals surface area (Å²) in [5.74, 6) is -0.610. The fourth-order valence-corrected chi connectivity index (χ4v) is 1.68. The summed E-state index contributed by atoms with van der Waals surface area (Å²) in [6, 6.07) is 2.82. The largest absolute Gasteiger partial charge is 0.505 e. The van der Waals surface area contributed by atoms with E-state index in [1.807, 2.05) is 0 Å². The van der Waals surface area contributed by atoms with E-state index in [1.165, 1.54) is 12.3 Å². The SMILES string of the molecule is O=C(NCCN1CCNC1=O)c1ncccc1O. The van der Waals surface area contributed by atoms with Gasteiger partial charge in [0, 0.05) is 32.4 Å². The van der Waals surface area contributed by atoms with Crippen molar-refractivity contribution in [2.24, 2.45) is 0 Å². The van der Waals surface area contributed by atoms with E-state index in [4.69, 9.17) is 0 Å². The molecular formula is C11H14N4O3. The Morgan fingerprint density at radius 1 is 1.61 bits per heavy atom. The predicted molar refractivity (Wildman–Crippen MR) is 63.2 cm³/mol. The molecule has 7 heteroatoms. The summed E-state index contributed by atoms with van der Waals surface area (Å²) in [5, 5.41) is 14.7. The van der Waals surface area contributed by atoms with Crippen molar-refractivity contribution in [1.29, 1.82) is 0 Å². The standard InChI is InChI=1S/C11H14N4O3/c16-8-2-1-3-12-9(8)10(17)13-4-6-15-7-5-14-11(15)18/h1-3,16H,4-7H2,(H,13,17)(H,14,18). The Bertz CT molecular complexity index is 463. The molecule has 0 saturated carbocycles. The van der Waals surface area contributed by atoms with Gasteiger partial charge in [0.25, 0.3) is 5.91 Å². The minimum absolute atomic E-state index is 0.0108. The second-order valence-corrected chi connectivity index (χ2v) is 3.85. The number of carbonyl (C=O) groups is 2. The normalized spacial score (nSPS) is 14.4. The first-order valence-electron chi connectivity index (χ1n) is 5.63. The summed E-state index contributed by atoms with van der Waals surface area (Å²) in [6.07, 6.45) is 1.43. The van der Waals surface area contributed by atoms with Gasteiger partial charge >= 0.3 is 6.03 Å². The van der Waals surface area contributed by atoms with E-state index in [1.54, 1.807) is 11.0 Å². The van der Waals surface area contributed by atoms with E-state index < -0.39 is 5.91 Å². The van der Waals surface area contributed by atoms with Crippen LogP contribution in [0.3, 0.4) is 0 Å². The molecule has 1 saturated heterocycles. The fourth-order valence-electron chi connectivity index (χ4n) is 1.68. The maximum Gasteiger partial charge on any atom is 0.317 e. The number of carbonyl (C=O) groups excluding carboxylic acids is 2. The summed E-state index contributed by atoms with van der Waals surface area (Å²) in [4.78, 5) is 28.3. The zero-order valence-electron chi connectivity index (χ0n) is 9.72. The molecule has 1 aliphatic rings. The maximum atomic E-state index is 11.7. The third kappa shape index (κ3) is 2.68. The van der Waals surface area contributed by atoms with Gasteiger partial charge in [-0.15, -0.1) is 0 Å². The summed E-state index contributed by atoms with van der Waals surface area (Å²) in [5.41, 5.74) is -0.0108. The summed E-state index contributed by atoms with van der Waals surface area (Å²) < 4.78 is 0. The molecule has 0 atom stereocenters. The van der Waals surface area contributed by atoms with Crippen LogP contribution in [-0.2, 0) is 0 Å². The lowest BCUT2D eigenvalue weighted by Gasteiger charge is -2.14. The van der Waals surface area contributed by atoms with Gasteiger partial charge in [-0.1, -0.05) is 0 Å². The Balaban J connectivity index is 1.82. The van der Waals surface area contributed by atoms with Crippen molar-refractivity contribution < 1.29 is 14.7 Å². The third-order valence-electron chi connectivity index (χ3n) is 2.61. The molecule has 18 heavy (non-hydrogen) atoms. The Kier molecular flexibility index (Phi) is 3.61. The zero-order chi connectivity index (χ0) is 13.0. The molecule has 1 aromatic heterocycles. The highest BCUT2D eigenvalue weighted by Gasteiger charge is 2.19. The molecule has 0 unspecified atom stereocenters. The van der Waals surface area contributed by atoms with E-state index in [0.717, 1.165) is 0 Å². The van der Waals surface area contributed by atoms with E-state index in [9.17, 15) is 14.7 Å². The Morgan fingerprint density at radius 3 is 3.11 bits per heavy atom. The van der Waals surface area contributed by atoms with E-state index >= 15 is 0 Å². The third-order valence-corrected chi connectivity index (χ3v) is 2.61. The van der Waals surface area contributed by atoms with Gasteiger partial charge in [0.15, 0.2) is 5.69 Å². The molecule has 0 radical (unpaired) electrons. The zero-order valence-corrected chi connectivity index (χ0v) is 9.72. The molecule has 0 aliphatic carbocycles. The van der Waals surface area contributed by atoms with Crippen molar-refractivity contribution in [3.8, 4) is 5.75 Å². The molecule has 96 valence electrons. The van der Waals surface area contributed by atoms with Crippen LogP contribution in [-0.4, -0.2) is 53.1 Å². The highest BCUT2D eigenvalue weighted by Crippen LogP contribution is 2.11. The van der Waals surface area contributed by atoms with E-state index in [-0.39, 0.29) is 17.5 Å². The molecule has 3 N–H and O–H groups in total. The van der Waals surface area contributed by atoms with Crippen molar-refractivity contribution in [1.82, 2.24) is 20.5 Å². The van der Waals surface area contributed by atoms with Crippen molar-refractivity contribution >= 4 is 11.9 Å². The van der Waals surface area contributed by atoms with Gasteiger partial charge in [0.2, 0.25) is 0 Å². The van der Waals surface area contributed by atoms with Crippen LogP contribution in [0, 0.1) is 0 Å². The lowest BCUT2D eigenvalue weighted by Crippen LogP contribution is -2.37. The number of aromatic hydroxyl groups is 1. The van der Waals surface area contributed by atoms with Crippen LogP contribution in [0.2, 0.25) is 0 Å². The number of hydrogen-bond donors (Lipinski definition) is 3. The molecule has 7 nitrogen and oxygen atoms in total. The van der Waals surface area contributed by atoms with Crippen molar-refractivity contribution in [3.63, 3.8) is 0 Å². The smallest absolute Gasteiger partial charge is 0.317 e. The molecule has 2 heterocycles. The second-order valence-electron chi connectivity index (χ2n) is 3.85. The van der Waals surface area contributed by atoms with Gasteiger partial charge < -0.3 is 20.6 Å². The maximum absolute atomic E-state index is 11.7. The van der Waals surface area contributed by atoms with E-state index in [0.29, 0.717) is 26.2 Å². The molecule has 2 rings (SSSR count). The summed E-state index contributed by atoms with van der Waals surface area (Å²) >= 11 is 0. The lowest BCUT2D eigenvalue weighted by molar-refractivity contribution is 0.0942. The van der Waals surface area contributed by atoms with Gasteiger partial charge in [-0.25, -0.2) is 9.78 Å². The topological polar surface area (TPSA) is 94.6 Å². The van der Waals surface area contributed by atoms with Gasteiger partial charge in [-0.05, 0) is 12.1 Å². The Morgan fingerprint density at radius 2 is 2.44 bits per heavy atom. The number of hydrogen-bond acceptors (Lipinski definition) is 4. The number of amides is 3. The quantitative estimate of drug-likeness (QED) is 0.674. The first-order valence-corrected chi connectivity index (χ1v) is 5.63. The van der Waals surface area contributed by atoms with Gasteiger partial charge in [-0.2, -0.15) is 0 Å². The average Bonchev–Trinajstić information content (AvgIpc) is 2.75. The van der Waals surface area contributed by atoms with Crippen LogP contribution in [0.4, 0.5) is 4.79 Å². The van der Waals surface area contributed by atoms with Crippen LogP contribution < -0.4 is 10.6 Å². The van der Waals surface area contributed by atoms with Gasteiger partial charge in [-0.3, -0.25) is 4.79 Å². The van der Waals surface area contributed by atoms with Crippen LogP contribution in [0.15, 0.2) is 18.3 Å². The van der Waals surface area contributed by atoms with Crippen molar-refractivity contribution in [2.45, 2.75) is 0 Å². The van der Waals surface area contributed by atoms with Crippen LogP contribution in [0.25, 0.3) is 0 Å². The molecular weight excluding hydrogens is 236 g/mol. The molecule has 1 fully saturated rings. The summed E-state index contributed by atoms with van der Waals surface area (Å²) in [7, 11) is 0. The van der Waals surface area contributed by atoms with Crippen LogP contribution in [0.1, 0.15) is 10.5 Å². The van der Waals surface area contributed by atoms with Crippen molar-refractivity contribution in [2.75, 3.05) is 26.2 Å². The summed E-state index contributed by atoms with van der Waals surface area (Å²) in [6.45, 7) is 2.03. The molecule has 0 bridgehead atoms. The first-order chi connectivity index (χ1) is 8.68. The Labute approximate surface area is 104 Å². The van der Waals surface area contributed by atoms with Gasteiger partial charge in [0.1, 0.15) is 5.75 Å². The van der Waals surface area contributed by atoms with Gasteiger partial charge in [0.05, 0.1) is 0 Å². The average molecular weight is 250 g/mol. The van der Waals surface area contributed by atoms with Crippen LogP contribution >= 0.6 is 0 Å². The lowest BCUT2D eigenvalue weighted by atomic mass is 10.3. The Hall–Kier alpha value is -2.31. The second kappa shape index (κ2) is 5.35.